The molecule has 1 aromatic carbocycles. The zero-order chi connectivity index (χ0) is 13.1. The van der Waals surface area contributed by atoms with E-state index < -0.39 is 0 Å². The van der Waals surface area contributed by atoms with Crippen molar-refractivity contribution < 1.29 is 4.79 Å². The van der Waals surface area contributed by atoms with E-state index in [-0.39, 0.29) is 5.91 Å². The Labute approximate surface area is 109 Å². The Morgan fingerprint density at radius 2 is 1.94 bits per heavy atom. The summed E-state index contributed by atoms with van der Waals surface area (Å²) in [5.41, 5.74) is 6.70. The molecule has 2 rings (SSSR count). The average molecular weight is 261 g/mol. The van der Waals surface area contributed by atoms with Gasteiger partial charge in [-0.1, -0.05) is 24.4 Å². The number of amides is 1. The molecule has 3 N–H and O–H groups in total. The summed E-state index contributed by atoms with van der Waals surface area (Å²) < 4.78 is 1.47. The number of nitrogens with two attached hydrogens (primary N) is 1. The summed E-state index contributed by atoms with van der Waals surface area (Å²) in [5.74, 6) is 0.124. The molecular weight excluding hydrogens is 250 g/mol. The molecule has 1 heterocycles. The van der Waals surface area contributed by atoms with Crippen LogP contribution in [-0.4, -0.2) is 25.7 Å². The number of benzene rings is 1. The van der Waals surface area contributed by atoms with E-state index in [4.69, 9.17) is 18.0 Å². The molecule has 0 aliphatic rings. The Hall–Kier alpha value is -2.28. The molecular formula is C11H11N5OS. The molecule has 0 unspecified atom stereocenters. The highest BCUT2D eigenvalue weighted by molar-refractivity contribution is 7.80. The highest BCUT2D eigenvalue weighted by Gasteiger charge is 2.09. The first-order chi connectivity index (χ1) is 8.58. The van der Waals surface area contributed by atoms with Crippen LogP contribution in [0.4, 0.5) is 5.95 Å². The molecule has 0 radical (unpaired) electrons. The van der Waals surface area contributed by atoms with Crippen LogP contribution in [0.15, 0.2) is 30.6 Å². The SMILES string of the molecule is Cn1ncnc1NC(=O)c1ccc(C(N)=S)cc1. The molecule has 18 heavy (non-hydrogen) atoms. The highest BCUT2D eigenvalue weighted by Crippen LogP contribution is 2.07. The van der Waals surface area contributed by atoms with Gasteiger partial charge in [-0.15, -0.1) is 0 Å². The molecule has 1 aromatic heterocycles. The van der Waals surface area contributed by atoms with Gasteiger partial charge in [0.05, 0.1) is 0 Å². The molecule has 0 spiro atoms. The summed E-state index contributed by atoms with van der Waals surface area (Å²) in [6.45, 7) is 0. The third-order valence-electron chi connectivity index (χ3n) is 2.37. The summed E-state index contributed by atoms with van der Waals surface area (Å²) in [6.07, 6.45) is 1.37. The summed E-state index contributed by atoms with van der Waals surface area (Å²) in [6, 6.07) is 6.71. The van der Waals surface area contributed by atoms with E-state index in [1.165, 1.54) is 11.0 Å². The number of nitrogens with zero attached hydrogens (tertiary/aromatic N) is 3. The van der Waals surface area contributed by atoms with Crippen LogP contribution >= 0.6 is 12.2 Å². The molecule has 7 heteroatoms. The number of rotatable bonds is 3. The molecule has 0 saturated heterocycles. The number of thiocarbonyl (C=S) groups is 1. The standard InChI is InChI=1S/C11H11N5OS/c1-16-11(13-6-14-16)15-10(17)8-4-2-7(3-5-8)9(12)18/h2-6H,1H3,(H2,12,18)(H,13,14,15,17). The zero-order valence-corrected chi connectivity index (χ0v) is 10.4. The number of carbonyl (C=O) groups is 1. The highest BCUT2D eigenvalue weighted by atomic mass is 32.1. The van der Waals surface area contributed by atoms with Gasteiger partial charge in [-0.25, -0.2) is 4.68 Å². The summed E-state index contributed by atoms with van der Waals surface area (Å²) >= 11 is 4.84. The minimum Gasteiger partial charge on any atom is -0.389 e. The lowest BCUT2D eigenvalue weighted by Crippen LogP contribution is -2.16. The summed E-state index contributed by atoms with van der Waals surface area (Å²) in [7, 11) is 1.69. The van der Waals surface area contributed by atoms with Crippen molar-refractivity contribution in [3.05, 3.63) is 41.7 Å². The van der Waals surface area contributed by atoms with Gasteiger partial charge in [-0.05, 0) is 12.1 Å². The van der Waals surface area contributed by atoms with E-state index in [1.54, 1.807) is 31.3 Å². The third kappa shape index (κ3) is 2.51. The van der Waals surface area contributed by atoms with E-state index >= 15 is 0 Å². The number of hydrogen-bond donors (Lipinski definition) is 2. The van der Waals surface area contributed by atoms with Gasteiger partial charge in [0.1, 0.15) is 11.3 Å². The molecule has 2 aromatic rings. The zero-order valence-electron chi connectivity index (χ0n) is 9.62. The second kappa shape index (κ2) is 4.92. The molecule has 0 aliphatic carbocycles. The van der Waals surface area contributed by atoms with Gasteiger partial charge in [0.25, 0.3) is 5.91 Å². The fraction of sp³-hybridized carbons (Fsp3) is 0.0909. The second-order valence-corrected chi connectivity index (χ2v) is 4.04. The molecule has 0 saturated carbocycles. The van der Waals surface area contributed by atoms with Crippen LogP contribution in [0.5, 0.6) is 0 Å². The normalized spacial score (nSPS) is 10.1. The molecule has 92 valence electrons. The predicted octanol–water partition coefficient (Wildman–Crippen LogP) is 0.702. The van der Waals surface area contributed by atoms with Crippen molar-refractivity contribution >= 4 is 29.1 Å². The van der Waals surface area contributed by atoms with Crippen molar-refractivity contribution in [1.82, 2.24) is 14.8 Å². The van der Waals surface area contributed by atoms with Crippen LogP contribution in [0.3, 0.4) is 0 Å². The number of anilines is 1. The Bertz CT molecular complexity index is 590. The van der Waals surface area contributed by atoms with Gasteiger partial charge in [-0.3, -0.25) is 10.1 Å². The monoisotopic (exact) mass is 261 g/mol. The Kier molecular flexibility index (Phi) is 3.33. The number of aromatic nitrogens is 3. The number of hydrogen-bond acceptors (Lipinski definition) is 4. The maximum Gasteiger partial charge on any atom is 0.258 e. The van der Waals surface area contributed by atoms with Gasteiger partial charge in [0.15, 0.2) is 0 Å². The maximum atomic E-state index is 11.9. The van der Waals surface area contributed by atoms with E-state index in [0.717, 1.165) is 5.56 Å². The molecule has 0 fully saturated rings. The molecule has 0 bridgehead atoms. The number of carbonyl (C=O) groups excluding carboxylic acids is 1. The van der Waals surface area contributed by atoms with Crippen LogP contribution < -0.4 is 11.1 Å². The van der Waals surface area contributed by atoms with Crippen molar-refractivity contribution in [2.24, 2.45) is 12.8 Å². The maximum absolute atomic E-state index is 11.9. The fourth-order valence-corrected chi connectivity index (χ4v) is 1.51. The van der Waals surface area contributed by atoms with Crippen molar-refractivity contribution in [3.8, 4) is 0 Å². The lowest BCUT2D eigenvalue weighted by molar-refractivity contribution is 0.102. The fourth-order valence-electron chi connectivity index (χ4n) is 1.37. The molecule has 0 aliphatic heterocycles. The van der Waals surface area contributed by atoms with Crippen molar-refractivity contribution in [2.45, 2.75) is 0 Å². The third-order valence-corrected chi connectivity index (χ3v) is 2.60. The van der Waals surface area contributed by atoms with Crippen LogP contribution in [0, 0.1) is 0 Å². The van der Waals surface area contributed by atoms with Gasteiger partial charge >= 0.3 is 0 Å². The van der Waals surface area contributed by atoms with Gasteiger partial charge in [-0.2, -0.15) is 10.1 Å². The van der Waals surface area contributed by atoms with Crippen LogP contribution in [-0.2, 0) is 7.05 Å². The van der Waals surface area contributed by atoms with Gasteiger partial charge in [0.2, 0.25) is 5.95 Å². The predicted molar refractivity (Wildman–Crippen MR) is 71.3 cm³/mol. The lowest BCUT2D eigenvalue weighted by Gasteiger charge is -2.04. The first-order valence-corrected chi connectivity index (χ1v) is 5.54. The van der Waals surface area contributed by atoms with Crippen molar-refractivity contribution in [1.29, 1.82) is 0 Å². The van der Waals surface area contributed by atoms with Crippen LogP contribution in [0.25, 0.3) is 0 Å². The van der Waals surface area contributed by atoms with E-state index in [9.17, 15) is 4.79 Å². The first-order valence-electron chi connectivity index (χ1n) is 5.13. The lowest BCUT2D eigenvalue weighted by atomic mass is 10.1. The molecule has 1 amide bonds. The van der Waals surface area contributed by atoms with Crippen molar-refractivity contribution in [2.75, 3.05) is 5.32 Å². The second-order valence-electron chi connectivity index (χ2n) is 3.60. The average Bonchev–Trinajstić information content (AvgIpc) is 2.75. The van der Waals surface area contributed by atoms with E-state index in [2.05, 4.69) is 15.4 Å². The Morgan fingerprint density at radius 1 is 1.33 bits per heavy atom. The molecule has 6 nitrogen and oxygen atoms in total. The Balaban J connectivity index is 2.14. The van der Waals surface area contributed by atoms with Crippen LogP contribution in [0.2, 0.25) is 0 Å². The first kappa shape index (κ1) is 12.2. The number of nitrogens with one attached hydrogen (secondary N) is 1. The minimum atomic E-state index is -0.263. The minimum absolute atomic E-state index is 0.263. The summed E-state index contributed by atoms with van der Waals surface area (Å²) in [4.78, 5) is 16.1. The van der Waals surface area contributed by atoms with Crippen LogP contribution in [0.1, 0.15) is 15.9 Å². The number of aryl methyl sites for hydroxylation is 1. The topological polar surface area (TPSA) is 85.8 Å². The molecule has 0 atom stereocenters. The smallest absolute Gasteiger partial charge is 0.258 e. The quantitative estimate of drug-likeness (QED) is 0.794. The van der Waals surface area contributed by atoms with Gasteiger partial charge < -0.3 is 5.73 Å². The van der Waals surface area contributed by atoms with Gasteiger partial charge in [0, 0.05) is 18.2 Å². The van der Waals surface area contributed by atoms with E-state index in [0.29, 0.717) is 16.5 Å². The summed E-state index contributed by atoms with van der Waals surface area (Å²) in [5, 5.41) is 6.50. The van der Waals surface area contributed by atoms with Crippen molar-refractivity contribution in [3.63, 3.8) is 0 Å². The largest absolute Gasteiger partial charge is 0.389 e. The van der Waals surface area contributed by atoms with E-state index in [1.807, 2.05) is 0 Å². The Morgan fingerprint density at radius 3 is 2.44 bits per heavy atom.